The fourth-order valence-corrected chi connectivity index (χ4v) is 2.19. The molecule has 0 radical (unpaired) electrons. The number of hydrogen-bond acceptors (Lipinski definition) is 4. The smallest absolute Gasteiger partial charge is 0.341 e. The molecule has 2 aromatic carbocycles. The van der Waals surface area contributed by atoms with Gasteiger partial charge in [0.25, 0.3) is 5.91 Å². The van der Waals surface area contributed by atoms with Gasteiger partial charge in [-0.25, -0.2) is 9.18 Å². The van der Waals surface area contributed by atoms with Crippen LogP contribution in [0.2, 0.25) is 5.02 Å². The van der Waals surface area contributed by atoms with Gasteiger partial charge in [-0.1, -0.05) is 11.6 Å². The predicted molar refractivity (Wildman–Crippen MR) is 95.7 cm³/mol. The van der Waals surface area contributed by atoms with Gasteiger partial charge in [0.05, 0.1) is 5.56 Å². The summed E-state index contributed by atoms with van der Waals surface area (Å²) in [6.07, 6.45) is -1.16. The molecule has 136 valence electrons. The molecule has 2 aromatic rings. The normalized spacial score (nSPS) is 11.4. The maximum absolute atomic E-state index is 13.7. The number of rotatable bonds is 5. The van der Waals surface area contributed by atoms with Crippen LogP contribution in [0.4, 0.5) is 15.8 Å². The molecule has 2 rings (SSSR count). The lowest BCUT2D eigenvalue weighted by Gasteiger charge is -2.14. The van der Waals surface area contributed by atoms with Crippen molar-refractivity contribution >= 4 is 40.8 Å². The topological polar surface area (TPSA) is 84.5 Å². The Morgan fingerprint density at radius 2 is 1.62 bits per heavy atom. The van der Waals surface area contributed by atoms with E-state index < -0.39 is 23.8 Å². The molecule has 2 amide bonds. The fraction of sp³-hybridized carbons (Fsp3) is 0.167. The number of benzene rings is 2. The maximum Gasteiger partial charge on any atom is 0.341 e. The highest BCUT2D eigenvalue weighted by molar-refractivity contribution is 6.30. The Morgan fingerprint density at radius 1 is 1.04 bits per heavy atom. The van der Waals surface area contributed by atoms with E-state index in [2.05, 4.69) is 10.6 Å². The zero-order valence-electron chi connectivity index (χ0n) is 14.0. The zero-order chi connectivity index (χ0) is 19.3. The fourth-order valence-electron chi connectivity index (χ4n) is 2.02. The molecule has 0 aliphatic carbocycles. The molecule has 0 spiro atoms. The summed E-state index contributed by atoms with van der Waals surface area (Å²) in [5.74, 6) is -2.59. The third kappa shape index (κ3) is 5.29. The molecule has 0 saturated carbocycles. The monoisotopic (exact) mass is 378 g/mol. The molecule has 26 heavy (non-hydrogen) atoms. The van der Waals surface area contributed by atoms with Crippen molar-refractivity contribution in [2.75, 3.05) is 10.6 Å². The Kier molecular flexibility index (Phi) is 6.30. The number of ether oxygens (including phenoxy) is 1. The van der Waals surface area contributed by atoms with Gasteiger partial charge < -0.3 is 15.4 Å². The third-order valence-corrected chi connectivity index (χ3v) is 3.51. The summed E-state index contributed by atoms with van der Waals surface area (Å²) >= 11 is 5.73. The first kappa shape index (κ1) is 19.4. The molecule has 0 bridgehead atoms. The molecular weight excluding hydrogens is 363 g/mol. The van der Waals surface area contributed by atoms with Gasteiger partial charge in [-0.3, -0.25) is 9.59 Å². The minimum Gasteiger partial charge on any atom is -0.449 e. The number of halogens is 2. The lowest BCUT2D eigenvalue weighted by molar-refractivity contribution is -0.123. The van der Waals surface area contributed by atoms with E-state index in [0.29, 0.717) is 11.4 Å². The number of hydrogen-bond donors (Lipinski definition) is 2. The second-order valence-electron chi connectivity index (χ2n) is 5.42. The van der Waals surface area contributed by atoms with Gasteiger partial charge in [-0.05, 0) is 49.4 Å². The van der Waals surface area contributed by atoms with Gasteiger partial charge in [-0.2, -0.15) is 0 Å². The summed E-state index contributed by atoms with van der Waals surface area (Å²) in [4.78, 5) is 35.1. The van der Waals surface area contributed by atoms with Gasteiger partial charge in [0.15, 0.2) is 6.10 Å². The van der Waals surface area contributed by atoms with E-state index in [4.69, 9.17) is 16.3 Å². The summed E-state index contributed by atoms with van der Waals surface area (Å²) in [5.41, 5.74) is 0.671. The van der Waals surface area contributed by atoms with Crippen molar-refractivity contribution in [2.45, 2.75) is 20.0 Å². The average Bonchev–Trinajstić information content (AvgIpc) is 2.58. The van der Waals surface area contributed by atoms with Crippen LogP contribution in [0.25, 0.3) is 0 Å². The summed E-state index contributed by atoms with van der Waals surface area (Å²) in [6.45, 7) is 2.75. The first-order valence-electron chi connectivity index (χ1n) is 7.61. The molecule has 8 heteroatoms. The Hall–Kier alpha value is -2.93. The zero-order valence-corrected chi connectivity index (χ0v) is 14.8. The van der Waals surface area contributed by atoms with Gasteiger partial charge >= 0.3 is 5.97 Å². The molecule has 0 unspecified atom stereocenters. The highest BCUT2D eigenvalue weighted by Gasteiger charge is 2.21. The average molecular weight is 379 g/mol. The Morgan fingerprint density at radius 3 is 2.19 bits per heavy atom. The van der Waals surface area contributed by atoms with E-state index in [1.807, 2.05) is 0 Å². The van der Waals surface area contributed by atoms with E-state index in [0.717, 1.165) is 12.1 Å². The molecule has 0 aliphatic heterocycles. The SMILES string of the molecule is CC(=O)Nc1ccc(NC(=O)[C@H](C)OC(=O)c2cc(Cl)ccc2F)cc1. The highest BCUT2D eigenvalue weighted by Crippen LogP contribution is 2.17. The number of nitrogens with one attached hydrogen (secondary N) is 2. The van der Waals surface area contributed by atoms with Crippen LogP contribution in [0.1, 0.15) is 24.2 Å². The molecule has 0 heterocycles. The third-order valence-electron chi connectivity index (χ3n) is 3.27. The van der Waals surface area contributed by atoms with Crippen molar-refractivity contribution in [2.24, 2.45) is 0 Å². The van der Waals surface area contributed by atoms with Crippen molar-refractivity contribution in [1.82, 2.24) is 0 Å². The summed E-state index contributed by atoms with van der Waals surface area (Å²) in [7, 11) is 0. The van der Waals surface area contributed by atoms with Crippen LogP contribution in [0, 0.1) is 5.82 Å². The number of anilines is 2. The van der Waals surface area contributed by atoms with E-state index in [9.17, 15) is 18.8 Å². The highest BCUT2D eigenvalue weighted by atomic mass is 35.5. The van der Waals surface area contributed by atoms with E-state index in [1.165, 1.54) is 19.9 Å². The minimum absolute atomic E-state index is 0.176. The quantitative estimate of drug-likeness (QED) is 0.778. The van der Waals surface area contributed by atoms with Crippen molar-refractivity contribution in [3.05, 3.63) is 58.9 Å². The van der Waals surface area contributed by atoms with Gasteiger partial charge in [0.2, 0.25) is 5.91 Å². The molecule has 2 N–H and O–H groups in total. The number of esters is 1. The summed E-state index contributed by atoms with van der Waals surface area (Å²) in [6, 6.07) is 9.84. The molecule has 0 saturated heterocycles. The van der Waals surface area contributed by atoms with Crippen molar-refractivity contribution in [3.8, 4) is 0 Å². The minimum atomic E-state index is -1.16. The van der Waals surface area contributed by atoms with Crippen molar-refractivity contribution < 1.29 is 23.5 Å². The van der Waals surface area contributed by atoms with Crippen LogP contribution < -0.4 is 10.6 Å². The standard InChI is InChI=1S/C18H16ClFN2O4/c1-10(26-18(25)15-9-12(19)3-8-16(15)20)17(24)22-14-6-4-13(5-7-14)21-11(2)23/h3-10H,1-2H3,(H,21,23)(H,22,24)/t10-/m0/s1. The van der Waals surface area contributed by atoms with Crippen LogP contribution in [-0.2, 0) is 14.3 Å². The number of carbonyl (C=O) groups is 3. The van der Waals surface area contributed by atoms with Crippen LogP contribution in [-0.4, -0.2) is 23.9 Å². The molecular formula is C18H16ClFN2O4. The van der Waals surface area contributed by atoms with Crippen molar-refractivity contribution in [1.29, 1.82) is 0 Å². The van der Waals surface area contributed by atoms with Crippen LogP contribution in [0.5, 0.6) is 0 Å². The molecule has 1 atom stereocenters. The second-order valence-corrected chi connectivity index (χ2v) is 5.86. The molecule has 0 aliphatic rings. The molecule has 6 nitrogen and oxygen atoms in total. The van der Waals surface area contributed by atoms with Gasteiger partial charge in [0.1, 0.15) is 5.82 Å². The summed E-state index contributed by atoms with van der Waals surface area (Å²) in [5, 5.41) is 5.33. The second kappa shape index (κ2) is 8.44. The van der Waals surface area contributed by atoms with E-state index in [-0.39, 0.29) is 16.5 Å². The Balaban J connectivity index is 1.97. The van der Waals surface area contributed by atoms with Crippen molar-refractivity contribution in [3.63, 3.8) is 0 Å². The van der Waals surface area contributed by atoms with Crippen LogP contribution >= 0.6 is 11.6 Å². The van der Waals surface area contributed by atoms with Gasteiger partial charge in [-0.15, -0.1) is 0 Å². The first-order chi connectivity index (χ1) is 12.3. The largest absolute Gasteiger partial charge is 0.449 e. The van der Waals surface area contributed by atoms with Crippen LogP contribution in [0.15, 0.2) is 42.5 Å². The lowest BCUT2D eigenvalue weighted by atomic mass is 10.2. The molecule has 0 aromatic heterocycles. The summed E-state index contributed by atoms with van der Waals surface area (Å²) < 4.78 is 18.6. The number of carbonyl (C=O) groups excluding carboxylic acids is 3. The first-order valence-corrected chi connectivity index (χ1v) is 7.98. The van der Waals surface area contributed by atoms with Gasteiger partial charge in [0, 0.05) is 23.3 Å². The predicted octanol–water partition coefficient (Wildman–Crippen LogP) is 3.62. The number of amides is 2. The van der Waals surface area contributed by atoms with E-state index >= 15 is 0 Å². The Labute approximate surface area is 154 Å². The Bertz CT molecular complexity index is 840. The van der Waals surface area contributed by atoms with Crippen LogP contribution in [0.3, 0.4) is 0 Å². The molecule has 0 fully saturated rings. The maximum atomic E-state index is 13.7. The van der Waals surface area contributed by atoms with E-state index in [1.54, 1.807) is 24.3 Å². The lowest BCUT2D eigenvalue weighted by Crippen LogP contribution is -2.30.